The quantitative estimate of drug-likeness (QED) is 0.432. The zero-order valence-electron chi connectivity index (χ0n) is 11.5. The molecule has 23 heavy (non-hydrogen) atoms. The summed E-state index contributed by atoms with van der Waals surface area (Å²) in [4.78, 5) is 0. The molecule has 2 N–H and O–H groups in total. The zero-order chi connectivity index (χ0) is 16.4. The molecule has 8 heteroatoms. The first kappa shape index (κ1) is 16.2. The highest BCUT2D eigenvalue weighted by atomic mass is 79.9. The van der Waals surface area contributed by atoms with Gasteiger partial charge in [-0.1, -0.05) is 35.9 Å². The molecule has 0 amide bonds. The molecule has 0 bridgehead atoms. The normalized spacial score (nSPS) is 11.3. The van der Waals surface area contributed by atoms with Crippen molar-refractivity contribution in [2.45, 2.75) is 0 Å². The standard InChI is InChI=1S/C15H9Br2ClN4O/c16-11-5-8(6-12(17)13(11)23)7-19-21-15-10-4-2-1-3-9(10)14(18)20-22-15/h1-7,23H,(H,21,22)/b19-7-. The lowest BCUT2D eigenvalue weighted by Gasteiger charge is -2.05. The van der Waals surface area contributed by atoms with E-state index in [2.05, 4.69) is 52.6 Å². The topological polar surface area (TPSA) is 70.4 Å². The molecule has 0 spiro atoms. The summed E-state index contributed by atoms with van der Waals surface area (Å²) in [6.45, 7) is 0. The Hall–Kier alpha value is -1.70. The molecule has 5 nitrogen and oxygen atoms in total. The van der Waals surface area contributed by atoms with E-state index in [9.17, 15) is 5.11 Å². The van der Waals surface area contributed by atoms with Crippen LogP contribution in [0.1, 0.15) is 5.56 Å². The van der Waals surface area contributed by atoms with Gasteiger partial charge in [-0.15, -0.1) is 10.2 Å². The molecule has 116 valence electrons. The van der Waals surface area contributed by atoms with Gasteiger partial charge >= 0.3 is 0 Å². The van der Waals surface area contributed by atoms with Crippen molar-refractivity contribution in [2.75, 3.05) is 5.43 Å². The summed E-state index contributed by atoms with van der Waals surface area (Å²) in [6.07, 6.45) is 1.61. The number of rotatable bonds is 3. The number of phenolic OH excluding ortho intramolecular Hbond substituents is 1. The van der Waals surface area contributed by atoms with Crippen molar-refractivity contribution in [1.82, 2.24) is 10.2 Å². The second-order valence-electron chi connectivity index (χ2n) is 4.59. The number of nitrogens with one attached hydrogen (secondary N) is 1. The van der Waals surface area contributed by atoms with Gasteiger partial charge in [0.2, 0.25) is 0 Å². The van der Waals surface area contributed by atoms with Crippen LogP contribution >= 0.6 is 43.5 Å². The Bertz CT molecular complexity index is 894. The number of nitrogens with zero attached hydrogens (tertiary/aromatic N) is 3. The fourth-order valence-corrected chi connectivity index (χ4v) is 3.41. The maximum atomic E-state index is 9.69. The highest BCUT2D eigenvalue weighted by Crippen LogP contribution is 2.33. The summed E-state index contributed by atoms with van der Waals surface area (Å²) < 4.78 is 1.15. The highest BCUT2D eigenvalue weighted by Gasteiger charge is 2.07. The number of benzene rings is 2. The third kappa shape index (κ3) is 3.46. The first-order valence-corrected chi connectivity index (χ1v) is 8.40. The van der Waals surface area contributed by atoms with Gasteiger partial charge in [0.15, 0.2) is 11.0 Å². The number of aromatic nitrogens is 2. The lowest BCUT2D eigenvalue weighted by molar-refractivity contribution is 0.468. The van der Waals surface area contributed by atoms with E-state index in [1.54, 1.807) is 18.3 Å². The van der Waals surface area contributed by atoms with Crippen molar-refractivity contribution in [3.8, 4) is 5.75 Å². The predicted molar refractivity (Wildman–Crippen MR) is 99.3 cm³/mol. The summed E-state index contributed by atoms with van der Waals surface area (Å²) in [6, 6.07) is 11.0. The van der Waals surface area contributed by atoms with E-state index in [1.807, 2.05) is 24.3 Å². The van der Waals surface area contributed by atoms with Crippen LogP contribution in [0.25, 0.3) is 10.8 Å². The van der Waals surface area contributed by atoms with Crippen LogP contribution in [0.4, 0.5) is 5.82 Å². The minimum Gasteiger partial charge on any atom is -0.506 e. The number of hydrazone groups is 1. The minimum atomic E-state index is 0.143. The van der Waals surface area contributed by atoms with Crippen molar-refractivity contribution in [3.05, 3.63) is 56.1 Å². The molecule has 3 aromatic rings. The summed E-state index contributed by atoms with van der Waals surface area (Å²) in [5.41, 5.74) is 3.65. The minimum absolute atomic E-state index is 0.143. The van der Waals surface area contributed by atoms with Crippen LogP contribution in [0.3, 0.4) is 0 Å². The largest absolute Gasteiger partial charge is 0.506 e. The van der Waals surface area contributed by atoms with Crippen LogP contribution in [-0.4, -0.2) is 21.5 Å². The summed E-state index contributed by atoms with van der Waals surface area (Å²) in [5.74, 6) is 0.655. The van der Waals surface area contributed by atoms with Crippen LogP contribution < -0.4 is 5.43 Å². The van der Waals surface area contributed by atoms with E-state index in [4.69, 9.17) is 11.6 Å². The highest BCUT2D eigenvalue weighted by molar-refractivity contribution is 9.11. The van der Waals surface area contributed by atoms with E-state index in [1.165, 1.54) is 0 Å². The van der Waals surface area contributed by atoms with Gasteiger partial charge < -0.3 is 5.11 Å². The second-order valence-corrected chi connectivity index (χ2v) is 6.65. The van der Waals surface area contributed by atoms with Crippen LogP contribution in [0.2, 0.25) is 5.15 Å². The van der Waals surface area contributed by atoms with Gasteiger partial charge in [0.25, 0.3) is 0 Å². The lowest BCUT2D eigenvalue weighted by Crippen LogP contribution is -1.97. The molecule has 1 heterocycles. The number of fused-ring (bicyclic) bond motifs is 1. The Balaban J connectivity index is 1.88. The Kier molecular flexibility index (Phi) is 4.79. The number of aromatic hydroxyl groups is 1. The van der Waals surface area contributed by atoms with Crippen molar-refractivity contribution in [1.29, 1.82) is 0 Å². The second kappa shape index (κ2) is 6.82. The Morgan fingerprint density at radius 1 is 1.09 bits per heavy atom. The molecule has 0 atom stereocenters. The molecule has 1 aromatic heterocycles. The van der Waals surface area contributed by atoms with Gasteiger partial charge in [0.1, 0.15) is 5.75 Å². The third-order valence-electron chi connectivity index (χ3n) is 3.07. The van der Waals surface area contributed by atoms with Crippen LogP contribution in [0.15, 0.2) is 50.4 Å². The molecule has 0 aliphatic heterocycles. The number of anilines is 1. The molecule has 0 aliphatic rings. The van der Waals surface area contributed by atoms with Gasteiger partial charge in [0, 0.05) is 10.8 Å². The molecule has 2 aromatic carbocycles. The van der Waals surface area contributed by atoms with Crippen molar-refractivity contribution in [3.63, 3.8) is 0 Å². The molecular formula is C15H9Br2ClN4O. The van der Waals surface area contributed by atoms with Crippen LogP contribution in [-0.2, 0) is 0 Å². The first-order chi connectivity index (χ1) is 11.1. The third-order valence-corrected chi connectivity index (χ3v) is 4.55. The molecule has 0 fully saturated rings. The summed E-state index contributed by atoms with van der Waals surface area (Å²) in [5, 5.41) is 23.8. The van der Waals surface area contributed by atoms with Crippen molar-refractivity contribution >= 4 is 66.3 Å². The fourth-order valence-electron chi connectivity index (χ4n) is 1.98. The number of halogens is 3. The monoisotopic (exact) mass is 454 g/mol. The lowest BCUT2D eigenvalue weighted by atomic mass is 10.2. The average Bonchev–Trinajstić information content (AvgIpc) is 2.55. The maximum absolute atomic E-state index is 9.69. The van der Waals surface area contributed by atoms with Crippen molar-refractivity contribution in [2.24, 2.45) is 5.10 Å². The van der Waals surface area contributed by atoms with Crippen molar-refractivity contribution < 1.29 is 5.11 Å². The number of hydrogen-bond donors (Lipinski definition) is 2. The summed E-state index contributed by atoms with van der Waals surface area (Å²) >= 11 is 12.6. The molecule has 0 unspecified atom stereocenters. The Morgan fingerprint density at radius 3 is 2.43 bits per heavy atom. The van der Waals surface area contributed by atoms with E-state index in [-0.39, 0.29) is 5.75 Å². The average molecular weight is 457 g/mol. The Labute approximate surface area is 153 Å². The smallest absolute Gasteiger partial charge is 0.176 e. The maximum Gasteiger partial charge on any atom is 0.176 e. The van der Waals surface area contributed by atoms with Crippen LogP contribution in [0.5, 0.6) is 5.75 Å². The van der Waals surface area contributed by atoms with Gasteiger partial charge in [-0.2, -0.15) is 5.10 Å². The SMILES string of the molecule is Oc1c(Br)cc(/C=N\Nc2nnc(Cl)c3ccccc23)cc1Br. The van der Waals surface area contributed by atoms with E-state index in [0.29, 0.717) is 19.9 Å². The molecule has 0 radical (unpaired) electrons. The molecule has 0 aliphatic carbocycles. The fraction of sp³-hybridized carbons (Fsp3) is 0. The molecule has 0 saturated heterocycles. The van der Waals surface area contributed by atoms with E-state index in [0.717, 1.165) is 16.3 Å². The molecule has 3 rings (SSSR count). The van der Waals surface area contributed by atoms with E-state index < -0.39 is 0 Å². The van der Waals surface area contributed by atoms with Gasteiger partial charge in [0.05, 0.1) is 15.2 Å². The van der Waals surface area contributed by atoms with E-state index >= 15 is 0 Å². The van der Waals surface area contributed by atoms with Crippen LogP contribution in [0, 0.1) is 0 Å². The zero-order valence-corrected chi connectivity index (χ0v) is 15.4. The molecular weight excluding hydrogens is 447 g/mol. The predicted octanol–water partition coefficient (Wildman–Crippen LogP) is 4.96. The van der Waals surface area contributed by atoms with Gasteiger partial charge in [-0.05, 0) is 49.6 Å². The first-order valence-electron chi connectivity index (χ1n) is 6.44. The Morgan fingerprint density at radius 2 is 1.74 bits per heavy atom. The number of phenols is 1. The number of hydrogen-bond acceptors (Lipinski definition) is 5. The van der Waals surface area contributed by atoms with Gasteiger partial charge in [-0.25, -0.2) is 0 Å². The van der Waals surface area contributed by atoms with Gasteiger partial charge in [-0.3, -0.25) is 5.43 Å². The molecule has 0 saturated carbocycles. The summed E-state index contributed by atoms with van der Waals surface area (Å²) in [7, 11) is 0.